The van der Waals surface area contributed by atoms with Crippen LogP contribution < -0.4 is 4.90 Å². The van der Waals surface area contributed by atoms with Crippen molar-refractivity contribution in [1.29, 1.82) is 0 Å². The van der Waals surface area contributed by atoms with Crippen molar-refractivity contribution in [2.24, 2.45) is 0 Å². The third-order valence-electron chi connectivity index (χ3n) is 4.43. The number of thioether (sulfide) groups is 1. The van der Waals surface area contributed by atoms with E-state index in [1.54, 1.807) is 4.90 Å². The molecule has 5 heteroatoms. The van der Waals surface area contributed by atoms with Crippen molar-refractivity contribution in [2.75, 3.05) is 24.5 Å². The fourth-order valence-corrected chi connectivity index (χ4v) is 4.22. The molecule has 0 saturated carbocycles. The molecule has 0 unspecified atom stereocenters. The van der Waals surface area contributed by atoms with Crippen LogP contribution in [0.5, 0.6) is 0 Å². The van der Waals surface area contributed by atoms with Crippen LogP contribution in [0.1, 0.15) is 52.0 Å². The number of amides is 1. The van der Waals surface area contributed by atoms with Gasteiger partial charge in [-0.15, -0.1) is 0 Å². The molecule has 1 heterocycles. The third-order valence-corrected chi connectivity index (χ3v) is 5.81. The lowest BCUT2D eigenvalue weighted by Gasteiger charge is -2.20. The number of carbonyl (C=O) groups excluding carboxylic acids is 1. The summed E-state index contributed by atoms with van der Waals surface area (Å²) in [6.07, 6.45) is 6.54. The van der Waals surface area contributed by atoms with Gasteiger partial charge < -0.3 is 4.90 Å². The first-order chi connectivity index (χ1) is 12.1. The van der Waals surface area contributed by atoms with Gasteiger partial charge in [0.05, 0.1) is 4.91 Å². The lowest BCUT2D eigenvalue weighted by atomic mass is 10.1. The van der Waals surface area contributed by atoms with E-state index in [1.165, 1.54) is 30.3 Å². The van der Waals surface area contributed by atoms with E-state index in [-0.39, 0.29) is 5.91 Å². The molecular formula is C20H28N2OS2. The normalized spacial score (nSPS) is 16.1. The van der Waals surface area contributed by atoms with Crippen molar-refractivity contribution in [3.63, 3.8) is 0 Å². The van der Waals surface area contributed by atoms with Crippen LogP contribution in [0.3, 0.4) is 0 Å². The molecule has 25 heavy (non-hydrogen) atoms. The number of nitrogens with zero attached hydrogens (tertiary/aromatic N) is 2. The molecule has 1 aliphatic rings. The summed E-state index contributed by atoms with van der Waals surface area (Å²) in [5, 5.41) is 0. The maximum atomic E-state index is 12.6. The summed E-state index contributed by atoms with van der Waals surface area (Å²) < 4.78 is 0.688. The molecule has 0 aliphatic carbocycles. The highest BCUT2D eigenvalue weighted by molar-refractivity contribution is 8.26. The SMILES string of the molecule is CCCCCCN1C(=O)C(=Cc2ccc(N(CC)CC)cc2)SC1=S. The van der Waals surface area contributed by atoms with Gasteiger partial charge in [0, 0.05) is 25.3 Å². The number of hydrogen-bond donors (Lipinski definition) is 0. The van der Waals surface area contributed by atoms with Crippen LogP contribution in [0.4, 0.5) is 5.69 Å². The van der Waals surface area contributed by atoms with Gasteiger partial charge in [-0.25, -0.2) is 0 Å². The lowest BCUT2D eigenvalue weighted by molar-refractivity contribution is -0.122. The van der Waals surface area contributed by atoms with E-state index in [2.05, 4.69) is 49.9 Å². The van der Waals surface area contributed by atoms with E-state index < -0.39 is 0 Å². The average molecular weight is 377 g/mol. The van der Waals surface area contributed by atoms with Crippen molar-refractivity contribution in [2.45, 2.75) is 46.5 Å². The van der Waals surface area contributed by atoms with E-state index in [1.807, 2.05) is 6.08 Å². The molecule has 1 fully saturated rings. The second kappa shape index (κ2) is 9.97. The zero-order chi connectivity index (χ0) is 18.2. The number of benzene rings is 1. The van der Waals surface area contributed by atoms with E-state index >= 15 is 0 Å². The third kappa shape index (κ3) is 5.32. The van der Waals surface area contributed by atoms with Crippen molar-refractivity contribution in [1.82, 2.24) is 4.90 Å². The summed E-state index contributed by atoms with van der Waals surface area (Å²) in [5.74, 6) is 0.0549. The van der Waals surface area contributed by atoms with Crippen LogP contribution in [-0.2, 0) is 4.79 Å². The molecule has 0 atom stereocenters. The number of unbranched alkanes of at least 4 members (excludes halogenated alkanes) is 3. The maximum Gasteiger partial charge on any atom is 0.266 e. The first kappa shape index (κ1) is 20.0. The van der Waals surface area contributed by atoms with Gasteiger partial charge in [-0.2, -0.15) is 0 Å². The molecule has 1 amide bonds. The smallest absolute Gasteiger partial charge is 0.266 e. The molecule has 0 bridgehead atoms. The summed E-state index contributed by atoms with van der Waals surface area (Å²) in [5.41, 5.74) is 2.26. The molecule has 1 aromatic rings. The summed E-state index contributed by atoms with van der Waals surface area (Å²) >= 11 is 6.81. The van der Waals surface area contributed by atoms with Crippen LogP contribution in [0.2, 0.25) is 0 Å². The number of thiocarbonyl (C=S) groups is 1. The molecule has 0 N–H and O–H groups in total. The maximum absolute atomic E-state index is 12.6. The molecular weight excluding hydrogens is 348 g/mol. The molecule has 1 aliphatic heterocycles. The van der Waals surface area contributed by atoms with E-state index in [9.17, 15) is 4.79 Å². The quantitative estimate of drug-likeness (QED) is 0.331. The molecule has 1 aromatic carbocycles. The Morgan fingerprint density at radius 1 is 1.08 bits per heavy atom. The first-order valence-corrected chi connectivity index (χ1v) is 10.4. The van der Waals surface area contributed by atoms with Crippen molar-refractivity contribution in [3.05, 3.63) is 34.7 Å². The Kier molecular flexibility index (Phi) is 7.97. The van der Waals surface area contributed by atoms with E-state index in [0.717, 1.165) is 42.9 Å². The summed E-state index contributed by atoms with van der Waals surface area (Å²) in [7, 11) is 0. The number of anilines is 1. The van der Waals surface area contributed by atoms with Crippen LogP contribution in [0.25, 0.3) is 6.08 Å². The molecule has 1 saturated heterocycles. The monoisotopic (exact) mass is 376 g/mol. The predicted octanol–water partition coefficient (Wildman–Crippen LogP) is 5.31. The van der Waals surface area contributed by atoms with Crippen molar-refractivity contribution in [3.8, 4) is 0 Å². The second-order valence-electron chi connectivity index (χ2n) is 6.16. The number of rotatable bonds is 9. The fourth-order valence-electron chi connectivity index (χ4n) is 2.91. The Morgan fingerprint density at radius 3 is 2.36 bits per heavy atom. The molecule has 3 nitrogen and oxygen atoms in total. The summed E-state index contributed by atoms with van der Waals surface area (Å²) in [6, 6.07) is 8.37. The first-order valence-electron chi connectivity index (χ1n) is 9.21. The topological polar surface area (TPSA) is 23.6 Å². The molecule has 136 valence electrons. The van der Waals surface area contributed by atoms with Gasteiger partial charge in [-0.1, -0.05) is 62.3 Å². The summed E-state index contributed by atoms with van der Waals surface area (Å²) in [6.45, 7) is 9.22. The molecule has 0 spiro atoms. The summed E-state index contributed by atoms with van der Waals surface area (Å²) in [4.78, 5) is 17.4. The largest absolute Gasteiger partial charge is 0.372 e. The van der Waals surface area contributed by atoms with Crippen LogP contribution in [-0.4, -0.2) is 34.8 Å². The van der Waals surface area contributed by atoms with Crippen LogP contribution in [0.15, 0.2) is 29.2 Å². The van der Waals surface area contributed by atoms with E-state index in [4.69, 9.17) is 12.2 Å². The standard InChI is InChI=1S/C20H28N2OS2/c1-4-7-8-9-14-22-19(23)18(25-20(22)24)15-16-10-12-17(13-11-16)21(5-2)6-3/h10-13,15H,4-9,14H2,1-3H3. The molecule has 0 radical (unpaired) electrons. The van der Waals surface area contributed by atoms with Gasteiger partial charge in [-0.3, -0.25) is 9.69 Å². The highest BCUT2D eigenvalue weighted by Gasteiger charge is 2.31. The van der Waals surface area contributed by atoms with Gasteiger partial charge >= 0.3 is 0 Å². The Balaban J connectivity index is 2.03. The minimum Gasteiger partial charge on any atom is -0.372 e. The minimum atomic E-state index is 0.0549. The Hall–Kier alpha value is -1.33. The van der Waals surface area contributed by atoms with Gasteiger partial charge in [0.15, 0.2) is 0 Å². The Bertz CT molecular complexity index is 621. The van der Waals surface area contributed by atoms with Gasteiger partial charge in [-0.05, 0) is 44.0 Å². The van der Waals surface area contributed by atoms with Crippen molar-refractivity contribution >= 4 is 46.0 Å². The minimum absolute atomic E-state index is 0.0549. The second-order valence-corrected chi connectivity index (χ2v) is 7.83. The highest BCUT2D eigenvalue weighted by Crippen LogP contribution is 2.33. The van der Waals surface area contributed by atoms with Crippen LogP contribution in [0, 0.1) is 0 Å². The molecule has 0 aromatic heterocycles. The Labute approximate surface area is 161 Å². The van der Waals surface area contributed by atoms with Gasteiger partial charge in [0.1, 0.15) is 4.32 Å². The fraction of sp³-hybridized carbons (Fsp3) is 0.500. The zero-order valence-electron chi connectivity index (χ0n) is 15.5. The van der Waals surface area contributed by atoms with Crippen molar-refractivity contribution < 1.29 is 4.79 Å². The van der Waals surface area contributed by atoms with Crippen LogP contribution >= 0.6 is 24.0 Å². The van der Waals surface area contributed by atoms with Gasteiger partial charge in [0.25, 0.3) is 5.91 Å². The predicted molar refractivity (Wildman–Crippen MR) is 114 cm³/mol. The van der Waals surface area contributed by atoms with Gasteiger partial charge in [0.2, 0.25) is 0 Å². The van der Waals surface area contributed by atoms with E-state index in [0.29, 0.717) is 4.32 Å². The molecule has 2 rings (SSSR count). The zero-order valence-corrected chi connectivity index (χ0v) is 17.1. The Morgan fingerprint density at radius 2 is 1.76 bits per heavy atom. The number of hydrogen-bond acceptors (Lipinski definition) is 4. The number of carbonyl (C=O) groups is 1. The average Bonchev–Trinajstić information content (AvgIpc) is 2.88. The lowest BCUT2D eigenvalue weighted by Crippen LogP contribution is -2.29. The highest BCUT2D eigenvalue weighted by atomic mass is 32.2.